The van der Waals surface area contributed by atoms with E-state index in [1.165, 1.54) is 5.56 Å². The van der Waals surface area contributed by atoms with Gasteiger partial charge in [-0.3, -0.25) is 4.79 Å². The number of ether oxygens (including phenoxy) is 2. The molecule has 0 aliphatic carbocycles. The topological polar surface area (TPSA) is 86.6 Å². The molecule has 38 heavy (non-hydrogen) atoms. The first-order valence-corrected chi connectivity index (χ1v) is 13.6. The Kier molecular flexibility index (Phi) is 8.32. The van der Waals surface area contributed by atoms with E-state index in [2.05, 4.69) is 24.4 Å². The first kappa shape index (κ1) is 27.1. The van der Waals surface area contributed by atoms with Crippen molar-refractivity contribution < 1.29 is 23.9 Å². The van der Waals surface area contributed by atoms with Gasteiger partial charge in [0, 0.05) is 17.4 Å². The van der Waals surface area contributed by atoms with E-state index >= 15 is 0 Å². The molecule has 0 fully saturated rings. The second-order valence-electron chi connectivity index (χ2n) is 8.92. The summed E-state index contributed by atoms with van der Waals surface area (Å²) in [6.45, 7) is 10.3. The standard InChI is InChI=1S/C30H32N2O5S/c1-6-20-14-15-23-22(16-20)18(4)25(32(23)7-2)27(33)31-28-24(29(34)36-8-3)19(5)26(38-28)30(35)37-17-21-12-10-9-11-13-21/h9-16H,6-8,17H2,1-5H3,(H,31,33). The van der Waals surface area contributed by atoms with Crippen LogP contribution in [-0.2, 0) is 29.0 Å². The summed E-state index contributed by atoms with van der Waals surface area (Å²) in [5, 5.41) is 4.20. The lowest BCUT2D eigenvalue weighted by Crippen LogP contribution is -2.19. The number of rotatable bonds is 9. The predicted octanol–water partition coefficient (Wildman–Crippen LogP) is 6.69. The minimum absolute atomic E-state index is 0.100. The monoisotopic (exact) mass is 532 g/mol. The van der Waals surface area contributed by atoms with Crippen LogP contribution in [0.5, 0.6) is 0 Å². The number of nitrogens with one attached hydrogen (secondary N) is 1. The van der Waals surface area contributed by atoms with Crippen molar-refractivity contribution in [1.82, 2.24) is 4.57 Å². The summed E-state index contributed by atoms with van der Waals surface area (Å²) in [5.41, 5.74) is 4.99. The lowest BCUT2D eigenvalue weighted by atomic mass is 10.1. The van der Waals surface area contributed by atoms with Crippen LogP contribution in [0.3, 0.4) is 0 Å². The van der Waals surface area contributed by atoms with Crippen LogP contribution >= 0.6 is 11.3 Å². The van der Waals surface area contributed by atoms with E-state index in [9.17, 15) is 14.4 Å². The number of thiophene rings is 1. The lowest BCUT2D eigenvalue weighted by molar-refractivity contribution is 0.0477. The van der Waals surface area contributed by atoms with Crippen molar-refractivity contribution in [1.29, 1.82) is 0 Å². The summed E-state index contributed by atoms with van der Waals surface area (Å²) >= 11 is 1.02. The van der Waals surface area contributed by atoms with Crippen molar-refractivity contribution in [3.63, 3.8) is 0 Å². The number of nitrogens with zero attached hydrogens (tertiary/aromatic N) is 1. The van der Waals surface area contributed by atoms with Crippen LogP contribution in [0.15, 0.2) is 48.5 Å². The fourth-order valence-electron chi connectivity index (χ4n) is 4.61. The maximum absolute atomic E-state index is 13.7. The molecule has 2 aromatic heterocycles. The van der Waals surface area contributed by atoms with E-state index in [0.29, 0.717) is 17.8 Å². The highest BCUT2D eigenvalue weighted by atomic mass is 32.1. The molecule has 0 unspecified atom stereocenters. The Morgan fingerprint density at radius 2 is 1.63 bits per heavy atom. The molecule has 4 rings (SSSR count). The smallest absolute Gasteiger partial charge is 0.349 e. The second kappa shape index (κ2) is 11.6. The van der Waals surface area contributed by atoms with E-state index in [4.69, 9.17) is 9.47 Å². The van der Waals surface area contributed by atoms with Crippen LogP contribution in [0.1, 0.15) is 73.5 Å². The second-order valence-corrected chi connectivity index (χ2v) is 9.94. The average Bonchev–Trinajstić information content (AvgIpc) is 3.40. The zero-order valence-corrected chi connectivity index (χ0v) is 23.2. The molecule has 7 nitrogen and oxygen atoms in total. The van der Waals surface area contributed by atoms with E-state index in [-0.39, 0.29) is 34.6 Å². The maximum atomic E-state index is 13.7. The molecule has 0 spiro atoms. The minimum Gasteiger partial charge on any atom is -0.462 e. The molecule has 0 aliphatic heterocycles. The van der Waals surface area contributed by atoms with E-state index in [1.54, 1.807) is 13.8 Å². The molecule has 0 radical (unpaired) electrons. The highest BCUT2D eigenvalue weighted by molar-refractivity contribution is 7.18. The third-order valence-electron chi connectivity index (χ3n) is 6.57. The number of carbonyl (C=O) groups excluding carboxylic acids is 3. The fraction of sp³-hybridized carbons (Fsp3) is 0.300. The Labute approximate surface area is 226 Å². The number of aryl methyl sites for hydroxylation is 3. The van der Waals surface area contributed by atoms with Gasteiger partial charge in [-0.2, -0.15) is 0 Å². The molecule has 0 saturated carbocycles. The zero-order valence-electron chi connectivity index (χ0n) is 22.3. The Morgan fingerprint density at radius 1 is 0.895 bits per heavy atom. The predicted molar refractivity (Wildman–Crippen MR) is 150 cm³/mol. The summed E-state index contributed by atoms with van der Waals surface area (Å²) in [4.78, 5) is 39.8. The number of benzene rings is 2. The number of amides is 1. The highest BCUT2D eigenvalue weighted by Gasteiger charge is 2.29. The van der Waals surface area contributed by atoms with Crippen molar-refractivity contribution in [3.8, 4) is 0 Å². The van der Waals surface area contributed by atoms with Crippen LogP contribution in [-0.4, -0.2) is 29.0 Å². The Bertz CT molecular complexity index is 1500. The maximum Gasteiger partial charge on any atom is 0.349 e. The quantitative estimate of drug-likeness (QED) is 0.243. The van der Waals surface area contributed by atoms with Crippen LogP contribution in [0.25, 0.3) is 10.9 Å². The normalized spacial score (nSPS) is 11.0. The molecular weight excluding hydrogens is 500 g/mol. The van der Waals surface area contributed by atoms with Gasteiger partial charge in [-0.1, -0.05) is 43.3 Å². The van der Waals surface area contributed by atoms with Crippen LogP contribution in [0.4, 0.5) is 5.00 Å². The number of anilines is 1. The van der Waals surface area contributed by atoms with Crippen LogP contribution < -0.4 is 5.32 Å². The van der Waals surface area contributed by atoms with Crippen molar-refractivity contribution in [2.45, 2.75) is 54.2 Å². The largest absolute Gasteiger partial charge is 0.462 e. The number of hydrogen-bond acceptors (Lipinski definition) is 6. The molecule has 8 heteroatoms. The van der Waals surface area contributed by atoms with Crippen molar-refractivity contribution in [2.24, 2.45) is 0 Å². The van der Waals surface area contributed by atoms with Crippen LogP contribution in [0.2, 0.25) is 0 Å². The molecule has 1 N–H and O–H groups in total. The van der Waals surface area contributed by atoms with Gasteiger partial charge in [-0.25, -0.2) is 9.59 Å². The summed E-state index contributed by atoms with van der Waals surface area (Å²) in [5.74, 6) is -1.51. The molecule has 198 valence electrons. The van der Waals surface area contributed by atoms with Gasteiger partial charge in [0.2, 0.25) is 0 Å². The van der Waals surface area contributed by atoms with E-state index < -0.39 is 11.9 Å². The highest BCUT2D eigenvalue weighted by Crippen LogP contribution is 2.36. The average molecular weight is 533 g/mol. The molecule has 0 bridgehead atoms. The number of esters is 2. The van der Waals surface area contributed by atoms with Crippen molar-refractivity contribution in [2.75, 3.05) is 11.9 Å². The lowest BCUT2D eigenvalue weighted by Gasteiger charge is -2.10. The SMILES string of the molecule is CCOC(=O)c1c(NC(=O)c2c(C)c3cc(CC)ccc3n2CC)sc(C(=O)OCc2ccccc2)c1C. The molecule has 0 saturated heterocycles. The Balaban J connectivity index is 1.70. The fourth-order valence-corrected chi connectivity index (χ4v) is 5.69. The molecule has 2 heterocycles. The summed E-state index contributed by atoms with van der Waals surface area (Å²) in [6.07, 6.45) is 0.898. The molecule has 0 aliphatic rings. The van der Waals surface area contributed by atoms with Gasteiger partial charge in [-0.15, -0.1) is 11.3 Å². The zero-order chi connectivity index (χ0) is 27.4. The van der Waals surface area contributed by atoms with Gasteiger partial charge >= 0.3 is 11.9 Å². The van der Waals surface area contributed by atoms with Gasteiger partial charge < -0.3 is 19.4 Å². The number of aromatic nitrogens is 1. The number of carbonyl (C=O) groups is 3. The Hall–Kier alpha value is -3.91. The van der Waals surface area contributed by atoms with Gasteiger partial charge in [0.05, 0.1) is 12.2 Å². The van der Waals surface area contributed by atoms with Crippen LogP contribution in [0, 0.1) is 13.8 Å². The molecule has 2 aromatic carbocycles. The van der Waals surface area contributed by atoms with Gasteiger partial charge in [-0.05, 0) is 68.5 Å². The van der Waals surface area contributed by atoms with E-state index in [1.807, 2.05) is 54.8 Å². The van der Waals surface area contributed by atoms with Crippen molar-refractivity contribution in [3.05, 3.63) is 86.9 Å². The van der Waals surface area contributed by atoms with E-state index in [0.717, 1.165) is 39.8 Å². The number of fused-ring (bicyclic) bond motifs is 1. The Morgan fingerprint density at radius 3 is 2.29 bits per heavy atom. The molecular formula is C30H32N2O5S. The third kappa shape index (κ3) is 5.22. The molecule has 4 aromatic rings. The van der Waals surface area contributed by atoms with Gasteiger partial charge in [0.25, 0.3) is 5.91 Å². The molecule has 1 amide bonds. The summed E-state index contributed by atoms with van der Waals surface area (Å²) < 4.78 is 12.7. The first-order valence-electron chi connectivity index (χ1n) is 12.7. The summed E-state index contributed by atoms with van der Waals surface area (Å²) in [7, 11) is 0. The van der Waals surface area contributed by atoms with Gasteiger partial charge in [0.15, 0.2) is 0 Å². The van der Waals surface area contributed by atoms with Crippen molar-refractivity contribution >= 4 is 45.1 Å². The summed E-state index contributed by atoms with van der Waals surface area (Å²) in [6, 6.07) is 15.6. The first-order chi connectivity index (χ1) is 18.3. The minimum atomic E-state index is -0.598. The van der Waals surface area contributed by atoms with Gasteiger partial charge in [0.1, 0.15) is 22.2 Å². The molecule has 0 atom stereocenters. The number of hydrogen-bond donors (Lipinski definition) is 1. The third-order valence-corrected chi connectivity index (χ3v) is 7.76.